The van der Waals surface area contributed by atoms with Gasteiger partial charge >= 0.3 is 6.09 Å². The van der Waals surface area contributed by atoms with E-state index in [1.54, 1.807) is 4.90 Å². The molecule has 1 aromatic heterocycles. The SMILES string of the molecule is CC(C)(C)OC(=O)N1Cc2ccc(-c3ccc(C=O)s3)cc2C1. The van der Waals surface area contributed by atoms with Crippen molar-refractivity contribution in [1.82, 2.24) is 4.90 Å². The molecule has 2 aromatic rings. The lowest BCUT2D eigenvalue weighted by Gasteiger charge is -2.24. The van der Waals surface area contributed by atoms with E-state index in [0.717, 1.165) is 32.7 Å². The minimum atomic E-state index is -0.487. The van der Waals surface area contributed by atoms with Crippen molar-refractivity contribution in [2.24, 2.45) is 0 Å². The quantitative estimate of drug-likeness (QED) is 0.763. The lowest BCUT2D eigenvalue weighted by atomic mass is 10.1. The molecule has 0 radical (unpaired) electrons. The summed E-state index contributed by atoms with van der Waals surface area (Å²) >= 11 is 1.47. The number of hydrogen-bond acceptors (Lipinski definition) is 4. The van der Waals surface area contributed by atoms with Gasteiger partial charge in [-0.15, -0.1) is 11.3 Å². The zero-order valence-electron chi connectivity index (χ0n) is 13.5. The molecule has 1 amide bonds. The van der Waals surface area contributed by atoms with E-state index in [1.807, 2.05) is 39.0 Å². The Labute approximate surface area is 139 Å². The maximum absolute atomic E-state index is 12.2. The van der Waals surface area contributed by atoms with Crippen LogP contribution >= 0.6 is 11.3 Å². The van der Waals surface area contributed by atoms with Crippen LogP contribution < -0.4 is 0 Å². The van der Waals surface area contributed by atoms with E-state index in [-0.39, 0.29) is 6.09 Å². The Balaban J connectivity index is 1.78. The number of thiophene rings is 1. The molecule has 0 N–H and O–H groups in total. The van der Waals surface area contributed by atoms with E-state index in [2.05, 4.69) is 12.1 Å². The molecule has 0 fully saturated rings. The van der Waals surface area contributed by atoms with Gasteiger partial charge in [0.25, 0.3) is 0 Å². The first-order valence-corrected chi connectivity index (χ1v) is 8.32. The molecule has 0 aliphatic carbocycles. The Morgan fingerprint density at radius 3 is 2.57 bits per heavy atom. The third kappa shape index (κ3) is 3.45. The van der Waals surface area contributed by atoms with Gasteiger partial charge in [0, 0.05) is 18.0 Å². The Morgan fingerprint density at radius 1 is 1.17 bits per heavy atom. The average molecular weight is 329 g/mol. The van der Waals surface area contributed by atoms with Gasteiger partial charge in [-0.2, -0.15) is 0 Å². The summed E-state index contributed by atoms with van der Waals surface area (Å²) in [5, 5.41) is 0. The number of ether oxygens (including phenoxy) is 1. The summed E-state index contributed by atoms with van der Waals surface area (Å²) in [5.74, 6) is 0. The molecular formula is C18H19NO3S. The lowest BCUT2D eigenvalue weighted by Crippen LogP contribution is -2.33. The highest BCUT2D eigenvalue weighted by Crippen LogP contribution is 2.32. The van der Waals surface area contributed by atoms with Crippen LogP contribution in [-0.4, -0.2) is 22.9 Å². The van der Waals surface area contributed by atoms with Crippen LogP contribution in [0.25, 0.3) is 10.4 Å². The Bertz CT molecular complexity index is 758. The van der Waals surface area contributed by atoms with Crippen molar-refractivity contribution in [1.29, 1.82) is 0 Å². The van der Waals surface area contributed by atoms with E-state index in [4.69, 9.17) is 4.74 Å². The fourth-order valence-electron chi connectivity index (χ4n) is 2.57. The van der Waals surface area contributed by atoms with Gasteiger partial charge in [0.15, 0.2) is 6.29 Å². The molecule has 1 aliphatic rings. The number of benzene rings is 1. The zero-order chi connectivity index (χ0) is 16.6. The van der Waals surface area contributed by atoms with Gasteiger partial charge in [-0.3, -0.25) is 9.69 Å². The van der Waals surface area contributed by atoms with E-state index < -0.39 is 5.60 Å². The first-order chi connectivity index (χ1) is 10.9. The predicted molar refractivity (Wildman–Crippen MR) is 90.6 cm³/mol. The molecular weight excluding hydrogens is 310 g/mol. The fraction of sp³-hybridized carbons (Fsp3) is 0.333. The van der Waals surface area contributed by atoms with Crippen LogP contribution in [-0.2, 0) is 17.8 Å². The number of rotatable bonds is 2. The number of hydrogen-bond donors (Lipinski definition) is 0. The van der Waals surface area contributed by atoms with Crippen LogP contribution in [0.1, 0.15) is 41.6 Å². The predicted octanol–water partition coefficient (Wildman–Crippen LogP) is 4.48. The largest absolute Gasteiger partial charge is 0.444 e. The second kappa shape index (κ2) is 5.81. The Kier molecular flexibility index (Phi) is 3.98. The summed E-state index contributed by atoms with van der Waals surface area (Å²) in [6.45, 7) is 6.74. The molecule has 0 saturated heterocycles. The summed E-state index contributed by atoms with van der Waals surface area (Å²) in [4.78, 5) is 26.5. The first kappa shape index (κ1) is 15.7. The number of nitrogens with zero attached hydrogens (tertiary/aromatic N) is 1. The van der Waals surface area contributed by atoms with E-state index in [9.17, 15) is 9.59 Å². The standard InChI is InChI=1S/C18H19NO3S/c1-18(2,3)22-17(21)19-9-13-5-4-12(8-14(13)10-19)16-7-6-15(11-20)23-16/h4-8,11H,9-10H2,1-3H3. The van der Waals surface area contributed by atoms with Crippen molar-refractivity contribution in [3.05, 3.63) is 46.3 Å². The summed E-state index contributed by atoms with van der Waals surface area (Å²) < 4.78 is 5.44. The van der Waals surface area contributed by atoms with Gasteiger partial charge in [0.2, 0.25) is 0 Å². The molecule has 5 heteroatoms. The molecule has 0 atom stereocenters. The van der Waals surface area contributed by atoms with Gasteiger partial charge in [-0.1, -0.05) is 12.1 Å². The molecule has 0 unspecified atom stereocenters. The van der Waals surface area contributed by atoms with Crippen LogP contribution in [0, 0.1) is 0 Å². The van der Waals surface area contributed by atoms with Gasteiger partial charge in [-0.05, 0) is 55.7 Å². The molecule has 4 nitrogen and oxygen atoms in total. The minimum Gasteiger partial charge on any atom is -0.444 e. The first-order valence-electron chi connectivity index (χ1n) is 7.51. The van der Waals surface area contributed by atoms with Crippen LogP contribution in [0.3, 0.4) is 0 Å². The maximum Gasteiger partial charge on any atom is 0.410 e. The highest BCUT2D eigenvalue weighted by molar-refractivity contribution is 7.17. The van der Waals surface area contributed by atoms with E-state index >= 15 is 0 Å². The zero-order valence-corrected chi connectivity index (χ0v) is 14.3. The third-order valence-electron chi connectivity index (χ3n) is 3.61. The molecule has 120 valence electrons. The molecule has 0 saturated carbocycles. The van der Waals surface area contributed by atoms with Crippen molar-refractivity contribution in [3.63, 3.8) is 0 Å². The second-order valence-corrected chi connectivity index (χ2v) is 7.76. The van der Waals surface area contributed by atoms with Crippen LogP contribution in [0.4, 0.5) is 4.79 Å². The smallest absolute Gasteiger partial charge is 0.410 e. The molecule has 2 heterocycles. The van der Waals surface area contributed by atoms with Crippen LogP contribution in [0.2, 0.25) is 0 Å². The van der Waals surface area contributed by atoms with Gasteiger partial charge in [0.1, 0.15) is 5.60 Å². The molecule has 1 aromatic carbocycles. The fourth-order valence-corrected chi connectivity index (χ4v) is 3.39. The summed E-state index contributed by atoms with van der Waals surface area (Å²) in [6, 6.07) is 9.97. The lowest BCUT2D eigenvalue weighted by molar-refractivity contribution is 0.0242. The summed E-state index contributed by atoms with van der Waals surface area (Å²) in [5.41, 5.74) is 2.87. The van der Waals surface area contributed by atoms with Crippen LogP contribution in [0.5, 0.6) is 0 Å². The summed E-state index contributed by atoms with van der Waals surface area (Å²) in [7, 11) is 0. The number of fused-ring (bicyclic) bond motifs is 1. The van der Waals surface area contributed by atoms with Gasteiger partial charge in [0.05, 0.1) is 4.88 Å². The highest BCUT2D eigenvalue weighted by atomic mass is 32.1. The van der Waals surface area contributed by atoms with Crippen LogP contribution in [0.15, 0.2) is 30.3 Å². The van der Waals surface area contributed by atoms with Crippen molar-refractivity contribution in [2.45, 2.75) is 39.5 Å². The number of aldehydes is 1. The molecule has 23 heavy (non-hydrogen) atoms. The normalized spacial score (nSPS) is 13.8. The molecule has 1 aliphatic heterocycles. The van der Waals surface area contributed by atoms with Crippen molar-refractivity contribution in [2.75, 3.05) is 0 Å². The molecule has 0 bridgehead atoms. The Morgan fingerprint density at radius 2 is 1.91 bits per heavy atom. The maximum atomic E-state index is 12.2. The minimum absolute atomic E-state index is 0.283. The van der Waals surface area contributed by atoms with Gasteiger partial charge in [-0.25, -0.2) is 4.79 Å². The van der Waals surface area contributed by atoms with E-state index in [0.29, 0.717) is 13.1 Å². The number of carbonyl (C=O) groups excluding carboxylic acids is 2. The highest BCUT2D eigenvalue weighted by Gasteiger charge is 2.27. The van der Waals surface area contributed by atoms with E-state index in [1.165, 1.54) is 11.3 Å². The molecule has 0 spiro atoms. The van der Waals surface area contributed by atoms with Crippen molar-refractivity contribution in [3.8, 4) is 10.4 Å². The Hall–Kier alpha value is -2.14. The van der Waals surface area contributed by atoms with Crippen molar-refractivity contribution < 1.29 is 14.3 Å². The molecule has 3 rings (SSSR count). The third-order valence-corrected chi connectivity index (χ3v) is 4.67. The number of amides is 1. The summed E-state index contributed by atoms with van der Waals surface area (Å²) in [6.07, 6.45) is 0.584. The number of carbonyl (C=O) groups is 2. The van der Waals surface area contributed by atoms with Gasteiger partial charge < -0.3 is 4.74 Å². The van der Waals surface area contributed by atoms with Crippen molar-refractivity contribution >= 4 is 23.7 Å². The monoisotopic (exact) mass is 329 g/mol. The topological polar surface area (TPSA) is 46.6 Å². The average Bonchev–Trinajstić information content (AvgIpc) is 3.11. The second-order valence-electron chi connectivity index (χ2n) is 6.64.